The van der Waals surface area contributed by atoms with E-state index in [4.69, 9.17) is 21.1 Å². The highest BCUT2D eigenvalue weighted by atomic mass is 35.5. The number of halogens is 4. The van der Waals surface area contributed by atoms with Crippen LogP contribution in [0.25, 0.3) is 0 Å². The highest BCUT2D eigenvalue weighted by Crippen LogP contribution is 2.23. The van der Waals surface area contributed by atoms with E-state index in [1.54, 1.807) is 4.72 Å². The zero-order chi connectivity index (χ0) is 23.1. The van der Waals surface area contributed by atoms with Gasteiger partial charge < -0.3 is 14.2 Å². The summed E-state index contributed by atoms with van der Waals surface area (Å²) in [7, 11) is -3.30. The summed E-state index contributed by atoms with van der Waals surface area (Å²) in [5.41, 5.74) is 0. The summed E-state index contributed by atoms with van der Waals surface area (Å²) in [4.78, 5) is 22.3. The Labute approximate surface area is 178 Å². The molecule has 0 aliphatic carbocycles. The van der Waals surface area contributed by atoms with Crippen molar-refractivity contribution in [3.05, 3.63) is 24.3 Å². The number of para-hydroxylation sites is 1. The molecule has 1 aromatic carbocycles. The summed E-state index contributed by atoms with van der Waals surface area (Å²) in [6.07, 6.45) is -4.67. The van der Waals surface area contributed by atoms with Crippen LogP contribution in [0.2, 0.25) is 0 Å². The molecule has 1 aromatic heterocycles. The van der Waals surface area contributed by atoms with Crippen LogP contribution in [-0.4, -0.2) is 61.8 Å². The van der Waals surface area contributed by atoms with Gasteiger partial charge in [0.15, 0.2) is 6.61 Å². The van der Waals surface area contributed by atoms with Crippen molar-refractivity contribution in [2.75, 3.05) is 31.5 Å². The summed E-state index contributed by atoms with van der Waals surface area (Å²) in [6, 6.07) is 2.87. The first-order valence-electron chi connectivity index (χ1n) is 8.15. The molecule has 16 heteroatoms. The van der Waals surface area contributed by atoms with Crippen LogP contribution in [0.4, 0.5) is 23.9 Å². The molecule has 0 saturated carbocycles. The van der Waals surface area contributed by atoms with Crippen LogP contribution in [-0.2, 0) is 10.0 Å². The van der Waals surface area contributed by atoms with Crippen molar-refractivity contribution >= 4 is 33.6 Å². The minimum atomic E-state index is -4.67. The fourth-order valence-electron chi connectivity index (χ4n) is 1.94. The number of nitrogens with one attached hydrogen (secondary N) is 2. The smallest absolute Gasteiger partial charge is 0.422 e. The second-order valence-electron chi connectivity index (χ2n) is 5.38. The molecule has 31 heavy (non-hydrogen) atoms. The number of alkyl halides is 4. The van der Waals surface area contributed by atoms with Crippen molar-refractivity contribution in [1.82, 2.24) is 19.7 Å². The van der Waals surface area contributed by atoms with Crippen LogP contribution in [0, 0.1) is 0 Å². The Morgan fingerprint density at radius 2 is 1.81 bits per heavy atom. The molecule has 2 rings (SSSR count). The zero-order valence-electron chi connectivity index (χ0n) is 15.6. The molecule has 0 bridgehead atoms. The first kappa shape index (κ1) is 24.2. The van der Waals surface area contributed by atoms with E-state index in [1.807, 2.05) is 5.32 Å². The first-order valence-corrected chi connectivity index (χ1v) is 10.2. The molecule has 2 N–H and O–H groups in total. The quantitative estimate of drug-likeness (QED) is 0.509. The zero-order valence-corrected chi connectivity index (χ0v) is 17.2. The fourth-order valence-corrected chi connectivity index (χ4v) is 3.07. The third-order valence-corrected chi connectivity index (χ3v) is 4.59. The molecule has 0 spiro atoms. The van der Waals surface area contributed by atoms with E-state index < -0.39 is 46.8 Å². The Morgan fingerprint density at radius 1 is 1.13 bits per heavy atom. The average molecular weight is 486 g/mol. The van der Waals surface area contributed by atoms with Gasteiger partial charge in [-0.05, 0) is 12.1 Å². The second kappa shape index (κ2) is 10.3. The maximum absolute atomic E-state index is 12.5. The monoisotopic (exact) mass is 485 g/mol. The van der Waals surface area contributed by atoms with Gasteiger partial charge in [0.25, 0.3) is 10.0 Å². The Hall–Kier alpha value is -3.07. The number of hydrogen-bond acceptors (Lipinski definition) is 9. The van der Waals surface area contributed by atoms with Crippen molar-refractivity contribution < 1.29 is 40.6 Å². The third kappa shape index (κ3) is 7.60. The lowest BCUT2D eigenvalue weighted by atomic mass is 10.3. The van der Waals surface area contributed by atoms with Crippen LogP contribution in [0.1, 0.15) is 0 Å². The molecule has 0 aliphatic heterocycles. The predicted octanol–water partition coefficient (Wildman–Crippen LogP) is 1.95. The lowest BCUT2D eigenvalue weighted by Gasteiger charge is -2.13. The van der Waals surface area contributed by atoms with Crippen LogP contribution in [0.5, 0.6) is 17.8 Å². The van der Waals surface area contributed by atoms with Gasteiger partial charge in [-0.1, -0.05) is 12.1 Å². The number of nitrogens with zero attached hydrogens (tertiary/aromatic N) is 3. The predicted molar refractivity (Wildman–Crippen MR) is 99.9 cm³/mol. The second-order valence-corrected chi connectivity index (χ2v) is 7.40. The molecular weight excluding hydrogens is 471 g/mol. The van der Waals surface area contributed by atoms with Gasteiger partial charge in [-0.2, -0.15) is 23.1 Å². The number of hydrogen-bond donors (Lipinski definition) is 2. The summed E-state index contributed by atoms with van der Waals surface area (Å²) in [6.45, 7) is -1.69. The van der Waals surface area contributed by atoms with Crippen LogP contribution in [0.15, 0.2) is 29.2 Å². The standard InChI is InChI=1S/C15H15ClF3N5O6S/c1-28-13-21-11(22-14(23-13)30-8-15(17,18)19)20-12(25)24-31(26,27)10-5-3-2-4-9(10)29-7-6-16/h2-5H,6-8H2,1H3,(H2,20,21,22,23,24,25). The van der Waals surface area contributed by atoms with E-state index in [0.717, 1.165) is 7.11 Å². The number of rotatable bonds is 9. The Kier molecular flexibility index (Phi) is 8.04. The summed E-state index contributed by atoms with van der Waals surface area (Å²) < 4.78 is 77.9. The number of anilines is 1. The van der Waals surface area contributed by atoms with E-state index >= 15 is 0 Å². The van der Waals surface area contributed by atoms with E-state index in [2.05, 4.69) is 19.7 Å². The number of carbonyl (C=O) groups is 1. The molecular formula is C15H15ClF3N5O6S. The maximum atomic E-state index is 12.5. The average Bonchev–Trinajstić information content (AvgIpc) is 2.69. The largest absolute Gasteiger partial charge is 0.491 e. The van der Waals surface area contributed by atoms with E-state index in [-0.39, 0.29) is 23.1 Å². The highest BCUT2D eigenvalue weighted by molar-refractivity contribution is 7.90. The Balaban J connectivity index is 2.16. The van der Waals surface area contributed by atoms with Gasteiger partial charge in [0, 0.05) is 0 Å². The lowest BCUT2D eigenvalue weighted by molar-refractivity contribution is -0.154. The van der Waals surface area contributed by atoms with E-state index in [1.165, 1.54) is 24.3 Å². The molecule has 0 saturated heterocycles. The molecule has 0 radical (unpaired) electrons. The number of amides is 2. The molecule has 0 aliphatic rings. The third-order valence-electron chi connectivity index (χ3n) is 3.07. The lowest BCUT2D eigenvalue weighted by Crippen LogP contribution is -2.35. The van der Waals surface area contributed by atoms with Gasteiger partial charge in [-0.3, -0.25) is 5.32 Å². The molecule has 2 aromatic rings. The number of benzene rings is 1. The van der Waals surface area contributed by atoms with E-state index in [0.29, 0.717) is 0 Å². The molecule has 2 amide bonds. The van der Waals surface area contributed by atoms with Crippen LogP contribution < -0.4 is 24.2 Å². The minimum Gasteiger partial charge on any atom is -0.491 e. The molecule has 11 nitrogen and oxygen atoms in total. The van der Waals surface area contributed by atoms with Crippen molar-refractivity contribution in [3.63, 3.8) is 0 Å². The normalized spacial score (nSPS) is 11.5. The van der Waals surface area contributed by atoms with Crippen molar-refractivity contribution in [2.24, 2.45) is 0 Å². The summed E-state index contributed by atoms with van der Waals surface area (Å²) in [5.74, 6) is -0.570. The van der Waals surface area contributed by atoms with Gasteiger partial charge >= 0.3 is 24.2 Å². The number of aromatic nitrogens is 3. The molecule has 1 heterocycles. The molecule has 0 fully saturated rings. The minimum absolute atomic E-state index is 0.0195. The van der Waals surface area contributed by atoms with Crippen LogP contribution >= 0.6 is 11.6 Å². The van der Waals surface area contributed by atoms with Crippen LogP contribution in [0.3, 0.4) is 0 Å². The fraction of sp³-hybridized carbons (Fsp3) is 0.333. The molecule has 0 unspecified atom stereocenters. The molecule has 170 valence electrons. The Bertz CT molecular complexity index is 1020. The maximum Gasteiger partial charge on any atom is 0.422 e. The van der Waals surface area contributed by atoms with Gasteiger partial charge in [0.1, 0.15) is 17.3 Å². The molecule has 0 atom stereocenters. The summed E-state index contributed by atoms with van der Waals surface area (Å²) >= 11 is 5.52. The Morgan fingerprint density at radius 3 is 2.45 bits per heavy atom. The van der Waals surface area contributed by atoms with Gasteiger partial charge in [-0.15, -0.1) is 16.6 Å². The SMILES string of the molecule is COc1nc(NC(=O)NS(=O)(=O)c2ccccc2OCCCl)nc(OCC(F)(F)F)n1. The number of urea groups is 1. The van der Waals surface area contributed by atoms with E-state index in [9.17, 15) is 26.4 Å². The van der Waals surface area contributed by atoms with Gasteiger partial charge in [-0.25, -0.2) is 17.9 Å². The topological polar surface area (TPSA) is 142 Å². The summed E-state index contributed by atoms with van der Waals surface area (Å²) in [5, 5.41) is 1.95. The van der Waals surface area contributed by atoms with Gasteiger partial charge in [0.2, 0.25) is 5.95 Å². The number of sulfonamides is 1. The highest BCUT2D eigenvalue weighted by Gasteiger charge is 2.29. The first-order chi connectivity index (χ1) is 14.5. The number of ether oxygens (including phenoxy) is 3. The van der Waals surface area contributed by atoms with Crippen molar-refractivity contribution in [1.29, 1.82) is 0 Å². The van der Waals surface area contributed by atoms with Gasteiger partial charge in [0.05, 0.1) is 13.0 Å². The van der Waals surface area contributed by atoms with Crippen molar-refractivity contribution in [2.45, 2.75) is 11.1 Å². The number of methoxy groups -OCH3 is 1. The van der Waals surface area contributed by atoms with Crippen molar-refractivity contribution in [3.8, 4) is 17.8 Å². The number of carbonyl (C=O) groups excluding carboxylic acids is 1.